The number of hydrogen-bond acceptors (Lipinski definition) is 2. The van der Waals surface area contributed by atoms with E-state index in [4.69, 9.17) is 0 Å². The van der Waals surface area contributed by atoms with Gasteiger partial charge in [-0.3, -0.25) is 4.79 Å². The lowest BCUT2D eigenvalue weighted by molar-refractivity contribution is -0.135. The lowest BCUT2D eigenvalue weighted by Crippen LogP contribution is -2.40. The lowest BCUT2D eigenvalue weighted by Gasteiger charge is -2.29. The molecule has 3 heteroatoms. The van der Waals surface area contributed by atoms with Crippen molar-refractivity contribution in [2.45, 2.75) is 52.5 Å². The summed E-state index contributed by atoms with van der Waals surface area (Å²) in [5.41, 5.74) is 0.378. The molecule has 0 aromatic rings. The van der Waals surface area contributed by atoms with E-state index in [1.165, 1.54) is 12.8 Å². The van der Waals surface area contributed by atoms with Crippen molar-refractivity contribution in [1.29, 1.82) is 0 Å². The van der Waals surface area contributed by atoms with Gasteiger partial charge in [0, 0.05) is 18.5 Å². The Balaban J connectivity index is 1.96. The van der Waals surface area contributed by atoms with Gasteiger partial charge in [-0.05, 0) is 58.0 Å². The third-order valence-electron chi connectivity index (χ3n) is 4.46. The fourth-order valence-corrected chi connectivity index (χ4v) is 3.24. The number of carbonyl (C=O) groups is 1. The zero-order valence-corrected chi connectivity index (χ0v) is 11.5. The summed E-state index contributed by atoms with van der Waals surface area (Å²) in [6.07, 6.45) is 4.59. The molecule has 98 valence electrons. The predicted molar refractivity (Wildman–Crippen MR) is 69.8 cm³/mol. The molecule has 1 atom stereocenters. The van der Waals surface area contributed by atoms with Crippen molar-refractivity contribution in [3.63, 3.8) is 0 Å². The van der Waals surface area contributed by atoms with Crippen LogP contribution in [0.4, 0.5) is 0 Å². The summed E-state index contributed by atoms with van der Waals surface area (Å²) in [5, 5.41) is 3.39. The lowest BCUT2D eigenvalue weighted by atomic mass is 9.91. The monoisotopic (exact) mass is 238 g/mol. The number of rotatable bonds is 4. The highest BCUT2D eigenvalue weighted by Crippen LogP contribution is 2.59. The van der Waals surface area contributed by atoms with E-state index in [9.17, 15) is 4.79 Å². The Morgan fingerprint density at radius 3 is 2.59 bits per heavy atom. The number of carbonyl (C=O) groups excluding carboxylic acids is 1. The fourth-order valence-electron chi connectivity index (χ4n) is 3.24. The second-order valence-electron chi connectivity index (χ2n) is 5.99. The molecule has 1 N–H and O–H groups in total. The van der Waals surface area contributed by atoms with E-state index in [1.54, 1.807) is 0 Å². The molecule has 1 aliphatic carbocycles. The third-order valence-corrected chi connectivity index (χ3v) is 4.46. The molecule has 0 aromatic heterocycles. The van der Waals surface area contributed by atoms with Gasteiger partial charge >= 0.3 is 0 Å². The molecule has 17 heavy (non-hydrogen) atoms. The standard InChI is InChI=1S/C14H26N2O/c1-4-9-16(11(2)3)13(17)12-10-14(12)5-7-15-8-6-14/h11-12,15H,4-10H2,1-3H3. The van der Waals surface area contributed by atoms with Crippen LogP contribution in [0, 0.1) is 11.3 Å². The molecule has 1 amide bonds. The number of hydrogen-bond donors (Lipinski definition) is 1. The Hall–Kier alpha value is -0.570. The van der Waals surface area contributed by atoms with E-state index in [2.05, 4.69) is 31.0 Å². The molecule has 1 saturated carbocycles. The van der Waals surface area contributed by atoms with E-state index in [0.29, 0.717) is 23.3 Å². The van der Waals surface area contributed by atoms with Crippen molar-refractivity contribution in [1.82, 2.24) is 10.2 Å². The number of nitrogens with one attached hydrogen (secondary N) is 1. The predicted octanol–water partition coefficient (Wildman–Crippen LogP) is 2.02. The van der Waals surface area contributed by atoms with Gasteiger partial charge < -0.3 is 10.2 Å². The molecule has 0 aromatic carbocycles. The van der Waals surface area contributed by atoms with Crippen LogP contribution < -0.4 is 5.32 Å². The summed E-state index contributed by atoms with van der Waals surface area (Å²) in [6.45, 7) is 9.52. The Morgan fingerprint density at radius 1 is 1.41 bits per heavy atom. The van der Waals surface area contributed by atoms with Crippen LogP contribution in [0.15, 0.2) is 0 Å². The van der Waals surface area contributed by atoms with Crippen molar-refractivity contribution < 1.29 is 4.79 Å². The summed E-state index contributed by atoms with van der Waals surface area (Å²) in [7, 11) is 0. The van der Waals surface area contributed by atoms with Gasteiger partial charge in [-0.1, -0.05) is 6.92 Å². The van der Waals surface area contributed by atoms with Crippen LogP contribution in [0.1, 0.15) is 46.5 Å². The summed E-state index contributed by atoms with van der Waals surface area (Å²) in [6, 6.07) is 0.349. The SMILES string of the molecule is CCCN(C(=O)C1CC12CCNCC2)C(C)C. The molecule has 0 radical (unpaired) electrons. The van der Waals surface area contributed by atoms with Gasteiger partial charge in [-0.15, -0.1) is 0 Å². The summed E-state index contributed by atoms with van der Waals surface area (Å²) in [5.74, 6) is 0.752. The number of piperidine rings is 1. The van der Waals surface area contributed by atoms with Gasteiger partial charge in [0.05, 0.1) is 0 Å². The smallest absolute Gasteiger partial charge is 0.226 e. The second-order valence-corrected chi connectivity index (χ2v) is 5.99. The quantitative estimate of drug-likeness (QED) is 0.812. The first-order valence-corrected chi connectivity index (χ1v) is 7.12. The highest BCUT2D eigenvalue weighted by Gasteiger charge is 2.58. The minimum atomic E-state index is 0.332. The van der Waals surface area contributed by atoms with Crippen molar-refractivity contribution in [3.05, 3.63) is 0 Å². The van der Waals surface area contributed by atoms with E-state index in [1.807, 2.05) is 0 Å². The van der Waals surface area contributed by atoms with Gasteiger partial charge in [-0.2, -0.15) is 0 Å². The largest absolute Gasteiger partial charge is 0.340 e. The summed E-state index contributed by atoms with van der Waals surface area (Å²) in [4.78, 5) is 14.6. The van der Waals surface area contributed by atoms with Crippen molar-refractivity contribution >= 4 is 5.91 Å². The maximum atomic E-state index is 12.5. The first-order valence-electron chi connectivity index (χ1n) is 7.12. The zero-order chi connectivity index (χ0) is 12.5. The molecular formula is C14H26N2O. The first kappa shape index (κ1) is 12.9. The van der Waals surface area contributed by atoms with Crippen LogP contribution >= 0.6 is 0 Å². The maximum absolute atomic E-state index is 12.5. The molecule has 1 saturated heterocycles. The summed E-state index contributed by atoms with van der Waals surface area (Å²) >= 11 is 0. The Labute approximate surface area is 105 Å². The fraction of sp³-hybridized carbons (Fsp3) is 0.929. The Bertz CT molecular complexity index is 282. The topological polar surface area (TPSA) is 32.3 Å². The number of amides is 1. The van der Waals surface area contributed by atoms with Crippen LogP contribution in [0.5, 0.6) is 0 Å². The van der Waals surface area contributed by atoms with Crippen LogP contribution in [-0.2, 0) is 4.79 Å². The minimum Gasteiger partial charge on any atom is -0.340 e. The van der Waals surface area contributed by atoms with Gasteiger partial charge in [0.15, 0.2) is 0 Å². The molecule has 0 bridgehead atoms. The molecular weight excluding hydrogens is 212 g/mol. The van der Waals surface area contributed by atoms with Gasteiger partial charge in [0.1, 0.15) is 0 Å². The maximum Gasteiger partial charge on any atom is 0.226 e. The molecule has 1 aliphatic heterocycles. The Morgan fingerprint density at radius 2 is 2.06 bits per heavy atom. The van der Waals surface area contributed by atoms with Crippen LogP contribution in [0.2, 0.25) is 0 Å². The van der Waals surface area contributed by atoms with E-state index < -0.39 is 0 Å². The minimum absolute atomic E-state index is 0.332. The van der Waals surface area contributed by atoms with E-state index in [-0.39, 0.29) is 0 Å². The van der Waals surface area contributed by atoms with E-state index in [0.717, 1.165) is 32.5 Å². The number of nitrogens with zero attached hydrogens (tertiary/aromatic N) is 1. The molecule has 2 aliphatic rings. The average Bonchev–Trinajstić information content (AvgIpc) is 2.99. The van der Waals surface area contributed by atoms with Gasteiger partial charge in [0.25, 0.3) is 0 Å². The zero-order valence-electron chi connectivity index (χ0n) is 11.5. The van der Waals surface area contributed by atoms with Crippen LogP contribution in [0.3, 0.4) is 0 Å². The van der Waals surface area contributed by atoms with Crippen molar-refractivity contribution in [2.75, 3.05) is 19.6 Å². The molecule has 1 heterocycles. The highest BCUT2D eigenvalue weighted by molar-refractivity contribution is 5.83. The van der Waals surface area contributed by atoms with Crippen molar-refractivity contribution in [3.8, 4) is 0 Å². The molecule has 2 rings (SSSR count). The third kappa shape index (κ3) is 2.49. The van der Waals surface area contributed by atoms with Gasteiger partial charge in [0.2, 0.25) is 5.91 Å². The van der Waals surface area contributed by atoms with Crippen LogP contribution in [0.25, 0.3) is 0 Å². The first-order chi connectivity index (χ1) is 8.10. The highest BCUT2D eigenvalue weighted by atomic mass is 16.2. The normalized spacial score (nSPS) is 26.2. The van der Waals surface area contributed by atoms with Crippen molar-refractivity contribution in [2.24, 2.45) is 11.3 Å². The average molecular weight is 238 g/mol. The van der Waals surface area contributed by atoms with Crippen LogP contribution in [-0.4, -0.2) is 36.5 Å². The Kier molecular flexibility index (Phi) is 3.76. The molecule has 1 spiro atoms. The second kappa shape index (κ2) is 4.97. The van der Waals surface area contributed by atoms with Gasteiger partial charge in [-0.25, -0.2) is 0 Å². The molecule has 1 unspecified atom stereocenters. The molecule has 2 fully saturated rings. The van der Waals surface area contributed by atoms with E-state index >= 15 is 0 Å². The summed E-state index contributed by atoms with van der Waals surface area (Å²) < 4.78 is 0. The molecule has 3 nitrogen and oxygen atoms in total.